The highest BCUT2D eigenvalue weighted by atomic mass is 16.3. The molecule has 10 rings (SSSR count). The first-order chi connectivity index (χ1) is 24.4. The van der Waals surface area contributed by atoms with Crippen LogP contribution in [-0.2, 0) is 0 Å². The van der Waals surface area contributed by atoms with Crippen molar-refractivity contribution in [2.45, 2.75) is 0 Å². The van der Waals surface area contributed by atoms with Crippen molar-refractivity contribution in [3.05, 3.63) is 158 Å². The third-order valence-electron chi connectivity index (χ3n) is 9.31. The van der Waals surface area contributed by atoms with Crippen LogP contribution in [0.15, 0.2) is 162 Å². The van der Waals surface area contributed by atoms with E-state index in [0.29, 0.717) is 16.7 Å². The van der Waals surface area contributed by atoms with E-state index in [1.165, 1.54) is 48.8 Å². The maximum absolute atomic E-state index is 8.64. The number of furan rings is 1. The smallest absolute Gasteiger partial charge is 0.143 e. The second-order valence-electron chi connectivity index (χ2n) is 11.7. The van der Waals surface area contributed by atoms with Gasteiger partial charge in [0.05, 0.1) is 6.85 Å². The summed E-state index contributed by atoms with van der Waals surface area (Å²) in [5.74, 6) is 0. The average Bonchev–Trinajstić information content (AvgIpc) is 3.55. The second kappa shape index (κ2) is 9.29. The molecular formula is C44H26O. The molecule has 0 aliphatic heterocycles. The van der Waals surface area contributed by atoms with E-state index in [4.69, 9.17) is 11.3 Å². The van der Waals surface area contributed by atoms with E-state index in [0.717, 1.165) is 27.3 Å². The molecule has 0 amide bonds. The van der Waals surface area contributed by atoms with Crippen LogP contribution in [0.1, 0.15) is 6.85 Å². The van der Waals surface area contributed by atoms with E-state index in [1.54, 1.807) is 6.07 Å². The van der Waals surface area contributed by atoms with Crippen LogP contribution in [0.2, 0.25) is 0 Å². The summed E-state index contributed by atoms with van der Waals surface area (Å²) in [5.41, 5.74) is 6.23. The Hall–Kier alpha value is -5.92. The lowest BCUT2D eigenvalue weighted by molar-refractivity contribution is 0.670. The predicted molar refractivity (Wildman–Crippen MR) is 191 cm³/mol. The number of fused-ring (bicyclic) bond motifs is 4. The maximum atomic E-state index is 8.64. The van der Waals surface area contributed by atoms with Crippen molar-refractivity contribution in [1.82, 2.24) is 0 Å². The van der Waals surface area contributed by atoms with E-state index in [1.807, 2.05) is 24.3 Å². The van der Waals surface area contributed by atoms with Gasteiger partial charge in [0.1, 0.15) is 11.2 Å². The second-order valence-corrected chi connectivity index (χ2v) is 11.7. The minimum atomic E-state index is -0.416. The summed E-state index contributed by atoms with van der Waals surface area (Å²) in [5, 5.41) is 11.3. The van der Waals surface area contributed by atoms with Gasteiger partial charge in [0.15, 0.2) is 0 Å². The summed E-state index contributed by atoms with van der Waals surface area (Å²) in [4.78, 5) is 0. The van der Waals surface area contributed by atoms with Crippen molar-refractivity contribution in [2.75, 3.05) is 0 Å². The third kappa shape index (κ3) is 3.56. The highest BCUT2D eigenvalue weighted by Crippen LogP contribution is 2.46. The van der Waals surface area contributed by atoms with Crippen LogP contribution in [0.25, 0.3) is 98.4 Å². The molecule has 0 aliphatic carbocycles. The molecule has 0 saturated carbocycles. The van der Waals surface area contributed by atoms with E-state index in [-0.39, 0.29) is 29.7 Å². The van der Waals surface area contributed by atoms with Gasteiger partial charge in [-0.1, -0.05) is 145 Å². The number of benzene rings is 9. The normalized spacial score (nSPS) is 13.6. The van der Waals surface area contributed by atoms with Gasteiger partial charge >= 0.3 is 0 Å². The standard InChI is InChI=1S/C44H26O/c1-2-9-28(10-3-1)34-12-6-14-39-43-36(13-7-15-40(43)45-44(34)39)35-23-19-30-20-24-37-33(22-18-29-21-25-38(35)42(30)41(29)37)32-17-16-27-8-4-5-11-31(27)26-32/h1-26H/i1D,2D,3D,9D,10D. The van der Waals surface area contributed by atoms with Gasteiger partial charge in [-0.3, -0.25) is 0 Å². The lowest BCUT2D eigenvalue weighted by Crippen LogP contribution is -1.90. The Bertz CT molecular complexity index is 3020. The third-order valence-corrected chi connectivity index (χ3v) is 9.31. The molecule has 1 heterocycles. The Labute approximate surface area is 266 Å². The average molecular weight is 576 g/mol. The molecule has 0 N–H and O–H groups in total. The molecular weight excluding hydrogens is 544 g/mol. The Balaban J connectivity index is 1.23. The molecule has 0 radical (unpaired) electrons. The van der Waals surface area contributed by atoms with Gasteiger partial charge in [0.2, 0.25) is 0 Å². The molecule has 10 aromatic rings. The van der Waals surface area contributed by atoms with Gasteiger partial charge in [-0.05, 0) is 83.0 Å². The van der Waals surface area contributed by atoms with E-state index in [9.17, 15) is 0 Å². The van der Waals surface area contributed by atoms with Crippen LogP contribution in [0.5, 0.6) is 0 Å². The molecule has 0 atom stereocenters. The zero-order valence-corrected chi connectivity index (χ0v) is 24.0. The monoisotopic (exact) mass is 575 g/mol. The molecule has 9 aromatic carbocycles. The fraction of sp³-hybridized carbons (Fsp3) is 0. The zero-order chi connectivity index (χ0) is 33.8. The summed E-state index contributed by atoms with van der Waals surface area (Å²) in [6, 6.07) is 42.8. The number of para-hydroxylation sites is 1. The largest absolute Gasteiger partial charge is 0.455 e. The lowest BCUT2D eigenvalue weighted by atomic mass is 9.86. The summed E-state index contributed by atoms with van der Waals surface area (Å²) in [7, 11) is 0. The highest BCUT2D eigenvalue weighted by Gasteiger charge is 2.19. The van der Waals surface area contributed by atoms with Gasteiger partial charge in [0, 0.05) is 16.3 Å². The first-order valence-electron chi connectivity index (χ1n) is 17.6. The van der Waals surface area contributed by atoms with E-state index < -0.39 is 6.04 Å². The SMILES string of the molecule is [2H]c1c([2H])c([2H])c(-c2cccc3c2oc2cccc(-c4ccc5ccc6c(-c7ccc8ccccc8c7)ccc7ccc4c5c76)c23)c([2H])c1[2H]. The van der Waals surface area contributed by atoms with Gasteiger partial charge in [-0.25, -0.2) is 0 Å². The lowest BCUT2D eigenvalue weighted by Gasteiger charge is -2.17. The minimum Gasteiger partial charge on any atom is -0.455 e. The number of rotatable bonds is 3. The molecule has 1 nitrogen and oxygen atoms in total. The Morgan fingerprint density at radius 3 is 1.89 bits per heavy atom. The van der Waals surface area contributed by atoms with E-state index >= 15 is 0 Å². The maximum Gasteiger partial charge on any atom is 0.143 e. The van der Waals surface area contributed by atoms with Gasteiger partial charge in [-0.2, -0.15) is 0 Å². The number of hydrogen-bond acceptors (Lipinski definition) is 1. The first-order valence-corrected chi connectivity index (χ1v) is 15.1. The predicted octanol–water partition coefficient (Wildman–Crippen LogP) is 12.6. The van der Waals surface area contributed by atoms with Crippen molar-refractivity contribution in [3.63, 3.8) is 0 Å². The molecule has 45 heavy (non-hydrogen) atoms. The topological polar surface area (TPSA) is 13.1 Å². The van der Waals surface area contributed by atoms with Crippen molar-refractivity contribution < 1.29 is 11.3 Å². The van der Waals surface area contributed by atoms with Crippen LogP contribution < -0.4 is 0 Å². The molecule has 0 spiro atoms. The fourth-order valence-electron chi connectivity index (χ4n) is 7.30. The van der Waals surface area contributed by atoms with Crippen LogP contribution in [0, 0.1) is 0 Å². The molecule has 0 aliphatic rings. The molecule has 1 heteroatoms. The van der Waals surface area contributed by atoms with Gasteiger partial charge < -0.3 is 4.42 Å². The highest BCUT2D eigenvalue weighted by molar-refractivity contribution is 6.29. The summed E-state index contributed by atoms with van der Waals surface area (Å²) < 4.78 is 48.4. The van der Waals surface area contributed by atoms with Crippen molar-refractivity contribution >= 4 is 65.0 Å². The number of hydrogen-bond donors (Lipinski definition) is 0. The summed E-state index contributed by atoms with van der Waals surface area (Å²) >= 11 is 0. The first kappa shape index (κ1) is 20.1. The van der Waals surface area contributed by atoms with Crippen molar-refractivity contribution in [1.29, 1.82) is 0 Å². The molecule has 0 fully saturated rings. The molecule has 208 valence electrons. The fourth-order valence-corrected chi connectivity index (χ4v) is 7.30. The van der Waals surface area contributed by atoms with Crippen LogP contribution in [-0.4, -0.2) is 0 Å². The van der Waals surface area contributed by atoms with Crippen LogP contribution in [0.3, 0.4) is 0 Å². The van der Waals surface area contributed by atoms with E-state index in [2.05, 4.69) is 97.1 Å². The van der Waals surface area contributed by atoms with Gasteiger partial charge in [-0.15, -0.1) is 0 Å². The molecule has 0 saturated heterocycles. The Morgan fingerprint density at radius 2 is 1.07 bits per heavy atom. The molecule has 0 bridgehead atoms. The van der Waals surface area contributed by atoms with Crippen LogP contribution in [0.4, 0.5) is 0 Å². The molecule has 0 unspecified atom stereocenters. The van der Waals surface area contributed by atoms with Crippen LogP contribution >= 0.6 is 0 Å². The zero-order valence-electron chi connectivity index (χ0n) is 29.0. The minimum absolute atomic E-state index is 0.132. The summed E-state index contributed by atoms with van der Waals surface area (Å²) in [6.45, 7) is 0. The van der Waals surface area contributed by atoms with Crippen molar-refractivity contribution in [3.8, 4) is 33.4 Å². The molecule has 1 aromatic heterocycles. The quantitative estimate of drug-likeness (QED) is 0.191. The Kier molecular flexibility index (Phi) is 4.15. The van der Waals surface area contributed by atoms with Crippen molar-refractivity contribution in [2.24, 2.45) is 0 Å². The summed E-state index contributed by atoms with van der Waals surface area (Å²) in [6.07, 6.45) is 0. The van der Waals surface area contributed by atoms with Gasteiger partial charge in [0.25, 0.3) is 0 Å². The Morgan fingerprint density at radius 1 is 0.400 bits per heavy atom.